The van der Waals surface area contributed by atoms with Crippen molar-refractivity contribution in [1.82, 2.24) is 9.88 Å². The number of amides is 1. The van der Waals surface area contributed by atoms with E-state index in [2.05, 4.69) is 11.1 Å². The van der Waals surface area contributed by atoms with Gasteiger partial charge < -0.3 is 14.4 Å². The van der Waals surface area contributed by atoms with Gasteiger partial charge in [-0.15, -0.1) is 0 Å². The third kappa shape index (κ3) is 3.77. The van der Waals surface area contributed by atoms with Crippen molar-refractivity contribution >= 4 is 5.91 Å². The molecule has 0 radical (unpaired) electrons. The van der Waals surface area contributed by atoms with Crippen LogP contribution in [-0.2, 0) is 20.9 Å². The number of hydrogen-bond acceptors (Lipinski definition) is 4. The summed E-state index contributed by atoms with van der Waals surface area (Å²) >= 11 is 0. The fraction of sp³-hybridized carbons (Fsp3) is 0.600. The molecule has 3 heterocycles. The highest BCUT2D eigenvalue weighted by atomic mass is 16.6. The van der Waals surface area contributed by atoms with E-state index in [1.807, 2.05) is 23.1 Å². The molecule has 0 saturated carbocycles. The normalized spacial score (nSPS) is 29.2. The van der Waals surface area contributed by atoms with E-state index < -0.39 is 0 Å². The molecule has 2 fully saturated rings. The van der Waals surface area contributed by atoms with Crippen molar-refractivity contribution in [3.8, 4) is 0 Å². The monoisotopic (exact) mass is 342 g/mol. The van der Waals surface area contributed by atoms with E-state index in [1.54, 1.807) is 6.20 Å². The summed E-state index contributed by atoms with van der Waals surface area (Å²) in [5, 5.41) is 0. The van der Waals surface area contributed by atoms with Crippen LogP contribution in [0.3, 0.4) is 0 Å². The van der Waals surface area contributed by atoms with Gasteiger partial charge in [0.1, 0.15) is 0 Å². The standard InChI is InChI=1S/C20H26N2O3/c23-19(16-6-1-2-7-16)22-11-5-9-20(15-22)12-18(14-25-20)24-13-17-8-3-4-10-21-17/h3-4,6,8,10,18H,1-2,5,7,9,11-15H2/t18-,20+/m1/s1. The maximum absolute atomic E-state index is 12.7. The predicted octanol–water partition coefficient (Wildman–Crippen LogP) is 2.86. The second kappa shape index (κ2) is 7.26. The smallest absolute Gasteiger partial charge is 0.249 e. The Morgan fingerprint density at radius 1 is 1.40 bits per heavy atom. The SMILES string of the molecule is O=C(C1=CCCC1)N1CCC[C@]2(C[C@@H](OCc3ccccn3)CO2)C1. The van der Waals surface area contributed by atoms with Crippen molar-refractivity contribution in [1.29, 1.82) is 0 Å². The van der Waals surface area contributed by atoms with Crippen LogP contribution < -0.4 is 0 Å². The maximum atomic E-state index is 12.7. The van der Waals surface area contributed by atoms with Crippen LogP contribution in [0.2, 0.25) is 0 Å². The highest BCUT2D eigenvalue weighted by Crippen LogP contribution is 2.37. The van der Waals surface area contributed by atoms with Gasteiger partial charge in [0.25, 0.3) is 0 Å². The molecule has 5 nitrogen and oxygen atoms in total. The molecule has 1 aromatic rings. The molecule has 134 valence electrons. The molecule has 1 aromatic heterocycles. The summed E-state index contributed by atoms with van der Waals surface area (Å²) in [5.74, 6) is 0.220. The van der Waals surface area contributed by atoms with Crippen LogP contribution >= 0.6 is 0 Å². The van der Waals surface area contributed by atoms with Crippen molar-refractivity contribution in [2.45, 2.75) is 56.8 Å². The number of carbonyl (C=O) groups excluding carboxylic acids is 1. The number of hydrogen-bond donors (Lipinski definition) is 0. The quantitative estimate of drug-likeness (QED) is 0.844. The fourth-order valence-electron chi connectivity index (χ4n) is 4.22. The summed E-state index contributed by atoms with van der Waals surface area (Å²) in [6.07, 6.45) is 9.95. The summed E-state index contributed by atoms with van der Waals surface area (Å²) in [7, 11) is 0. The van der Waals surface area contributed by atoms with Crippen molar-refractivity contribution in [2.24, 2.45) is 0 Å². The second-order valence-electron chi connectivity index (χ2n) is 7.40. The molecule has 2 atom stereocenters. The molecule has 0 bridgehead atoms. The zero-order valence-corrected chi connectivity index (χ0v) is 14.7. The first-order valence-corrected chi connectivity index (χ1v) is 9.38. The maximum Gasteiger partial charge on any atom is 0.249 e. The van der Waals surface area contributed by atoms with E-state index in [4.69, 9.17) is 9.47 Å². The average molecular weight is 342 g/mol. The molecule has 0 N–H and O–H groups in total. The Kier molecular flexibility index (Phi) is 4.86. The Hall–Kier alpha value is -1.72. The van der Waals surface area contributed by atoms with Gasteiger partial charge in [-0.3, -0.25) is 9.78 Å². The largest absolute Gasteiger partial charge is 0.370 e. The number of likely N-dealkylation sites (tertiary alicyclic amines) is 1. The van der Waals surface area contributed by atoms with E-state index in [1.165, 1.54) is 0 Å². The summed E-state index contributed by atoms with van der Waals surface area (Å²) in [4.78, 5) is 19.0. The van der Waals surface area contributed by atoms with Gasteiger partial charge in [0.2, 0.25) is 5.91 Å². The fourth-order valence-corrected chi connectivity index (χ4v) is 4.22. The molecule has 2 aliphatic heterocycles. The number of aromatic nitrogens is 1. The van der Waals surface area contributed by atoms with Gasteiger partial charge >= 0.3 is 0 Å². The number of carbonyl (C=O) groups is 1. The van der Waals surface area contributed by atoms with Gasteiger partial charge in [-0.05, 0) is 44.2 Å². The molecular formula is C20H26N2O3. The van der Waals surface area contributed by atoms with Crippen molar-refractivity contribution in [3.63, 3.8) is 0 Å². The zero-order chi connectivity index (χ0) is 17.1. The first-order chi connectivity index (χ1) is 12.2. The van der Waals surface area contributed by atoms with Gasteiger partial charge in [0, 0.05) is 24.7 Å². The number of piperidine rings is 1. The van der Waals surface area contributed by atoms with Crippen molar-refractivity contribution in [2.75, 3.05) is 19.7 Å². The van der Waals surface area contributed by atoms with Crippen LogP contribution in [0, 0.1) is 0 Å². The van der Waals surface area contributed by atoms with Gasteiger partial charge in [-0.1, -0.05) is 12.1 Å². The lowest BCUT2D eigenvalue weighted by Crippen LogP contribution is -2.50. The van der Waals surface area contributed by atoms with Gasteiger partial charge in [0.15, 0.2) is 0 Å². The number of rotatable bonds is 4. The molecule has 0 unspecified atom stereocenters. The molecule has 5 heteroatoms. The first kappa shape index (κ1) is 16.7. The average Bonchev–Trinajstić information content (AvgIpc) is 3.31. The van der Waals surface area contributed by atoms with E-state index >= 15 is 0 Å². The third-order valence-corrected chi connectivity index (χ3v) is 5.51. The molecule has 3 aliphatic rings. The van der Waals surface area contributed by atoms with Crippen LogP contribution in [0.15, 0.2) is 36.0 Å². The highest BCUT2D eigenvalue weighted by molar-refractivity contribution is 5.93. The summed E-state index contributed by atoms with van der Waals surface area (Å²) < 4.78 is 12.2. The molecule has 1 aliphatic carbocycles. The molecule has 4 rings (SSSR count). The number of ether oxygens (including phenoxy) is 2. The molecule has 1 amide bonds. The van der Waals surface area contributed by atoms with Crippen molar-refractivity contribution in [3.05, 3.63) is 41.7 Å². The minimum atomic E-state index is -0.220. The van der Waals surface area contributed by atoms with Gasteiger partial charge in [-0.2, -0.15) is 0 Å². The van der Waals surface area contributed by atoms with E-state index in [-0.39, 0.29) is 17.6 Å². The zero-order valence-electron chi connectivity index (χ0n) is 14.7. The summed E-state index contributed by atoms with van der Waals surface area (Å²) in [5.41, 5.74) is 1.72. The van der Waals surface area contributed by atoms with Crippen molar-refractivity contribution < 1.29 is 14.3 Å². The Bertz CT molecular complexity index is 646. The lowest BCUT2D eigenvalue weighted by Gasteiger charge is -2.39. The number of nitrogens with zero attached hydrogens (tertiary/aromatic N) is 2. The first-order valence-electron chi connectivity index (χ1n) is 9.38. The van der Waals surface area contributed by atoms with Crippen LogP contribution in [-0.4, -0.2) is 47.2 Å². The molecule has 1 spiro atoms. The Labute approximate surface area is 149 Å². The lowest BCUT2D eigenvalue weighted by atomic mass is 9.89. The number of pyridine rings is 1. The molecular weight excluding hydrogens is 316 g/mol. The van der Waals surface area contributed by atoms with E-state index in [9.17, 15) is 4.79 Å². The van der Waals surface area contributed by atoms with E-state index in [0.717, 1.165) is 56.3 Å². The predicted molar refractivity (Wildman–Crippen MR) is 93.9 cm³/mol. The Balaban J connectivity index is 1.33. The topological polar surface area (TPSA) is 51.7 Å². The molecule has 0 aromatic carbocycles. The van der Waals surface area contributed by atoms with E-state index in [0.29, 0.717) is 19.8 Å². The second-order valence-corrected chi connectivity index (χ2v) is 7.40. The minimum absolute atomic E-state index is 0.0859. The van der Waals surface area contributed by atoms with Gasteiger partial charge in [0.05, 0.1) is 37.2 Å². The van der Waals surface area contributed by atoms with Crippen LogP contribution in [0.4, 0.5) is 0 Å². The number of allylic oxidation sites excluding steroid dienone is 1. The molecule has 2 saturated heterocycles. The lowest BCUT2D eigenvalue weighted by molar-refractivity contribution is -0.135. The van der Waals surface area contributed by atoms with Crippen LogP contribution in [0.25, 0.3) is 0 Å². The molecule has 25 heavy (non-hydrogen) atoms. The van der Waals surface area contributed by atoms with Gasteiger partial charge in [-0.25, -0.2) is 0 Å². The van der Waals surface area contributed by atoms with Crippen LogP contribution in [0.1, 0.15) is 44.2 Å². The Morgan fingerprint density at radius 2 is 2.36 bits per heavy atom. The third-order valence-electron chi connectivity index (χ3n) is 5.51. The van der Waals surface area contributed by atoms with Crippen LogP contribution in [0.5, 0.6) is 0 Å². The summed E-state index contributed by atoms with van der Waals surface area (Å²) in [6.45, 7) is 2.67. The highest BCUT2D eigenvalue weighted by Gasteiger charge is 2.45. The minimum Gasteiger partial charge on any atom is -0.370 e. The summed E-state index contributed by atoms with van der Waals surface area (Å²) in [6, 6.07) is 5.85. The Morgan fingerprint density at radius 3 is 3.16 bits per heavy atom.